The third-order valence-corrected chi connectivity index (χ3v) is 5.69. The van der Waals surface area contributed by atoms with Gasteiger partial charge in [0.05, 0.1) is 31.2 Å². The molecule has 3 atom stereocenters. The summed E-state index contributed by atoms with van der Waals surface area (Å²) in [7, 11) is 1.77. The lowest BCUT2D eigenvalue weighted by atomic mass is 9.99. The maximum Gasteiger partial charge on any atom is 0.270 e. The summed E-state index contributed by atoms with van der Waals surface area (Å²) in [4.78, 5) is 17.2. The normalized spacial score (nSPS) is 19.5. The zero-order chi connectivity index (χ0) is 22.9. The first-order valence-electron chi connectivity index (χ1n) is 10.5. The van der Waals surface area contributed by atoms with Gasteiger partial charge in [-0.2, -0.15) is 0 Å². The average Bonchev–Trinajstić information content (AvgIpc) is 3.48. The highest BCUT2D eigenvalue weighted by Crippen LogP contribution is 2.33. The molecule has 0 radical (unpaired) electrons. The summed E-state index contributed by atoms with van der Waals surface area (Å²) in [5.41, 5.74) is 2.81. The molecule has 1 saturated heterocycles. The maximum atomic E-state index is 15.7. The van der Waals surface area contributed by atoms with Gasteiger partial charge in [-0.25, -0.2) is 9.37 Å². The Bertz CT molecular complexity index is 1290. The van der Waals surface area contributed by atoms with E-state index in [0.717, 1.165) is 5.56 Å². The van der Waals surface area contributed by atoms with Gasteiger partial charge in [-0.3, -0.25) is 9.48 Å². The molecule has 0 bridgehead atoms. The number of nitrogens with zero attached hydrogens (tertiary/aromatic N) is 4. The lowest BCUT2D eigenvalue weighted by Crippen LogP contribution is -2.48. The number of aliphatic hydroxyl groups is 1. The monoisotopic (exact) mass is 451 g/mol. The number of carbonyl (C=O) groups is 1. The van der Waals surface area contributed by atoms with Crippen molar-refractivity contribution in [1.82, 2.24) is 25.3 Å². The van der Waals surface area contributed by atoms with E-state index < -0.39 is 24.2 Å². The van der Waals surface area contributed by atoms with Crippen LogP contribution in [0.4, 0.5) is 4.39 Å². The predicted molar refractivity (Wildman–Crippen MR) is 116 cm³/mol. The molecule has 1 amide bonds. The number of furan rings is 1. The Morgan fingerprint density at radius 2 is 2.12 bits per heavy atom. The zero-order valence-corrected chi connectivity index (χ0v) is 17.8. The third kappa shape index (κ3) is 4.22. The fourth-order valence-corrected chi connectivity index (χ4v) is 3.90. The lowest BCUT2D eigenvalue weighted by molar-refractivity contribution is -0.0261. The minimum Gasteiger partial charge on any atom is -0.462 e. The van der Waals surface area contributed by atoms with Gasteiger partial charge in [0, 0.05) is 30.8 Å². The number of aliphatic hydroxyl groups excluding tert-OH is 1. The minimum absolute atomic E-state index is 0.0522. The number of ether oxygens (including phenoxy) is 1. The van der Waals surface area contributed by atoms with Crippen molar-refractivity contribution in [1.29, 1.82) is 0 Å². The summed E-state index contributed by atoms with van der Waals surface area (Å²) in [5, 5.41) is 20.8. The van der Waals surface area contributed by atoms with Crippen LogP contribution >= 0.6 is 0 Å². The molecule has 1 aliphatic heterocycles. The summed E-state index contributed by atoms with van der Waals surface area (Å²) in [6.45, 7) is 0.597. The summed E-state index contributed by atoms with van der Waals surface area (Å²) >= 11 is 0. The summed E-state index contributed by atoms with van der Waals surface area (Å²) in [6.07, 6.45) is 1.32. The number of pyridine rings is 1. The van der Waals surface area contributed by atoms with E-state index in [0.29, 0.717) is 29.8 Å². The fourth-order valence-electron chi connectivity index (χ4n) is 3.90. The second kappa shape index (κ2) is 8.72. The van der Waals surface area contributed by atoms with Gasteiger partial charge in [0.1, 0.15) is 16.9 Å². The summed E-state index contributed by atoms with van der Waals surface area (Å²) < 4.78 is 27.9. The van der Waals surface area contributed by atoms with Crippen LogP contribution in [0.1, 0.15) is 34.2 Å². The summed E-state index contributed by atoms with van der Waals surface area (Å²) in [6, 6.07) is 9.41. The van der Waals surface area contributed by atoms with Crippen LogP contribution in [-0.4, -0.2) is 56.4 Å². The first-order valence-corrected chi connectivity index (χ1v) is 10.5. The molecule has 2 N–H and O–H groups in total. The molecule has 1 fully saturated rings. The first-order chi connectivity index (χ1) is 16.0. The largest absolute Gasteiger partial charge is 0.462 e. The van der Waals surface area contributed by atoms with Gasteiger partial charge in [-0.1, -0.05) is 29.5 Å². The van der Waals surface area contributed by atoms with E-state index in [1.54, 1.807) is 48.3 Å². The van der Waals surface area contributed by atoms with E-state index in [1.165, 1.54) is 12.3 Å². The highest BCUT2D eigenvalue weighted by molar-refractivity contribution is 5.95. The number of amides is 1. The Balaban J connectivity index is 1.43. The van der Waals surface area contributed by atoms with Gasteiger partial charge >= 0.3 is 0 Å². The van der Waals surface area contributed by atoms with E-state index in [-0.39, 0.29) is 23.4 Å². The third-order valence-electron chi connectivity index (χ3n) is 5.69. The van der Waals surface area contributed by atoms with Crippen molar-refractivity contribution in [3.8, 4) is 11.3 Å². The quantitative estimate of drug-likeness (QED) is 0.479. The molecule has 170 valence electrons. The van der Waals surface area contributed by atoms with E-state index in [2.05, 4.69) is 20.6 Å². The average molecular weight is 451 g/mol. The van der Waals surface area contributed by atoms with Gasteiger partial charge in [0.15, 0.2) is 11.8 Å². The van der Waals surface area contributed by atoms with Crippen molar-refractivity contribution in [3.05, 3.63) is 65.7 Å². The molecular weight excluding hydrogens is 429 g/mol. The standard InChI is InChI=1S/C23H22FN5O4/c1-29-11-19(27-28-29)13-2-4-14(5-3-13)21(24)15-10-18(25-17-7-9-33-22(15)17)23(31)26-16-6-8-32-12-20(16)30/h2-5,7,9-11,16,20-21,30H,6,8,12H2,1H3,(H,26,31)/t16-,20-,21?/m0/s1. The van der Waals surface area contributed by atoms with Crippen LogP contribution in [-0.2, 0) is 11.8 Å². The molecule has 0 spiro atoms. The Kier molecular flexibility index (Phi) is 5.61. The van der Waals surface area contributed by atoms with Crippen LogP contribution < -0.4 is 5.32 Å². The van der Waals surface area contributed by atoms with E-state index in [1.807, 2.05) is 0 Å². The van der Waals surface area contributed by atoms with Gasteiger partial charge in [0.2, 0.25) is 0 Å². The number of benzene rings is 1. The number of nitrogens with one attached hydrogen (secondary N) is 1. The second-order valence-corrected chi connectivity index (χ2v) is 8.00. The molecule has 1 aromatic carbocycles. The lowest BCUT2D eigenvalue weighted by Gasteiger charge is -2.28. The number of halogens is 1. The summed E-state index contributed by atoms with van der Waals surface area (Å²) in [5.74, 6) is -0.490. The molecule has 0 aliphatic carbocycles. The molecule has 1 aliphatic rings. The molecule has 4 heterocycles. The molecule has 5 rings (SSSR count). The molecule has 9 nitrogen and oxygen atoms in total. The minimum atomic E-state index is -1.54. The van der Waals surface area contributed by atoms with Crippen molar-refractivity contribution in [3.63, 3.8) is 0 Å². The van der Waals surface area contributed by atoms with Crippen molar-refractivity contribution >= 4 is 17.0 Å². The van der Waals surface area contributed by atoms with Gasteiger partial charge in [-0.05, 0) is 18.1 Å². The number of aromatic nitrogens is 4. The predicted octanol–water partition coefficient (Wildman–Crippen LogP) is 2.56. The van der Waals surface area contributed by atoms with Crippen LogP contribution in [0.2, 0.25) is 0 Å². The van der Waals surface area contributed by atoms with Crippen LogP contribution in [0.25, 0.3) is 22.4 Å². The Morgan fingerprint density at radius 1 is 1.30 bits per heavy atom. The SMILES string of the molecule is Cn1cc(-c2ccc(C(F)c3cc(C(=O)N[C@H]4CCOC[C@@H]4O)nc4ccoc34)cc2)nn1. The number of fused-ring (bicyclic) bond motifs is 1. The number of hydrogen-bond acceptors (Lipinski definition) is 7. The Labute approximate surface area is 188 Å². The number of rotatable bonds is 5. The topological polar surface area (TPSA) is 115 Å². The number of carbonyl (C=O) groups excluding carboxylic acids is 1. The van der Waals surface area contributed by atoms with E-state index in [4.69, 9.17) is 9.15 Å². The highest BCUT2D eigenvalue weighted by Gasteiger charge is 2.27. The highest BCUT2D eigenvalue weighted by atomic mass is 19.1. The van der Waals surface area contributed by atoms with Gasteiger partial charge in [0.25, 0.3) is 5.91 Å². The molecule has 3 aromatic heterocycles. The van der Waals surface area contributed by atoms with Gasteiger partial charge < -0.3 is 19.6 Å². The van der Waals surface area contributed by atoms with Gasteiger partial charge in [-0.15, -0.1) is 5.10 Å². The number of hydrogen-bond donors (Lipinski definition) is 2. The number of alkyl halides is 1. The molecule has 1 unspecified atom stereocenters. The Hall–Kier alpha value is -3.63. The molecular formula is C23H22FN5O4. The second-order valence-electron chi connectivity index (χ2n) is 8.00. The van der Waals surface area contributed by atoms with Crippen molar-refractivity contribution in [2.24, 2.45) is 7.05 Å². The number of aryl methyl sites for hydroxylation is 1. The zero-order valence-electron chi connectivity index (χ0n) is 17.8. The van der Waals surface area contributed by atoms with Crippen LogP contribution in [0.15, 0.2) is 53.3 Å². The van der Waals surface area contributed by atoms with Crippen LogP contribution in [0.3, 0.4) is 0 Å². The first kappa shape index (κ1) is 21.2. The molecule has 0 saturated carbocycles. The van der Waals surface area contributed by atoms with Crippen LogP contribution in [0.5, 0.6) is 0 Å². The smallest absolute Gasteiger partial charge is 0.270 e. The van der Waals surface area contributed by atoms with E-state index >= 15 is 4.39 Å². The molecule has 4 aromatic rings. The van der Waals surface area contributed by atoms with E-state index in [9.17, 15) is 9.90 Å². The Morgan fingerprint density at radius 3 is 2.85 bits per heavy atom. The molecule has 10 heteroatoms. The fraction of sp³-hybridized carbons (Fsp3) is 0.304. The maximum absolute atomic E-state index is 15.7. The van der Waals surface area contributed by atoms with Crippen molar-refractivity contribution in [2.45, 2.75) is 24.7 Å². The molecule has 33 heavy (non-hydrogen) atoms. The van der Waals surface area contributed by atoms with Crippen LogP contribution in [0, 0.1) is 0 Å². The van der Waals surface area contributed by atoms with Crippen molar-refractivity contribution in [2.75, 3.05) is 13.2 Å². The van der Waals surface area contributed by atoms with Crippen molar-refractivity contribution < 1.29 is 23.4 Å².